The van der Waals surface area contributed by atoms with Crippen LogP contribution in [0.15, 0.2) is 35.0 Å². The maximum atomic E-state index is 14.1. The van der Waals surface area contributed by atoms with Crippen LogP contribution in [0.2, 0.25) is 0 Å². The Balaban J connectivity index is 1.79. The lowest BCUT2D eigenvalue weighted by Crippen LogP contribution is -2.11. The van der Waals surface area contributed by atoms with Crippen LogP contribution in [0.5, 0.6) is 5.75 Å². The van der Waals surface area contributed by atoms with Crippen molar-refractivity contribution in [3.63, 3.8) is 0 Å². The summed E-state index contributed by atoms with van der Waals surface area (Å²) in [4.78, 5) is 4.29. The maximum absolute atomic E-state index is 14.1. The zero-order valence-corrected chi connectivity index (χ0v) is 16.3. The SMILES string of the molecule is CCc1noc2c1-c1cnc(N)c(c1)O[C@H](C)c1cc(F)ccc1-c1nnnn1C2. The van der Waals surface area contributed by atoms with Crippen molar-refractivity contribution in [1.82, 2.24) is 30.3 Å². The van der Waals surface area contributed by atoms with Gasteiger partial charge in [-0.15, -0.1) is 5.10 Å². The molecule has 2 bridgehead atoms. The number of fused-ring (bicyclic) bond motifs is 7. The number of benzene rings is 1. The smallest absolute Gasteiger partial charge is 0.182 e. The first-order valence-corrected chi connectivity index (χ1v) is 9.51. The van der Waals surface area contributed by atoms with Gasteiger partial charge in [0.05, 0.1) is 11.3 Å². The first-order valence-electron chi connectivity index (χ1n) is 9.51. The molecule has 4 heterocycles. The van der Waals surface area contributed by atoms with Crippen molar-refractivity contribution in [2.45, 2.75) is 32.9 Å². The van der Waals surface area contributed by atoms with Gasteiger partial charge in [0.2, 0.25) is 0 Å². The van der Waals surface area contributed by atoms with Gasteiger partial charge in [0.25, 0.3) is 0 Å². The van der Waals surface area contributed by atoms with Crippen LogP contribution in [-0.4, -0.2) is 30.3 Å². The molecule has 1 aromatic carbocycles. The van der Waals surface area contributed by atoms with Gasteiger partial charge in [0, 0.05) is 22.9 Å². The Morgan fingerprint density at radius 2 is 2.17 bits per heavy atom. The summed E-state index contributed by atoms with van der Waals surface area (Å²) >= 11 is 0. The molecule has 2 N–H and O–H groups in total. The third-order valence-electron chi connectivity index (χ3n) is 5.16. The molecule has 10 heteroatoms. The van der Waals surface area contributed by atoms with E-state index >= 15 is 0 Å². The number of nitrogens with two attached hydrogens (primary N) is 1. The Hall–Kier alpha value is -3.82. The molecule has 152 valence electrons. The summed E-state index contributed by atoms with van der Waals surface area (Å²) in [6, 6.07) is 6.21. The van der Waals surface area contributed by atoms with Gasteiger partial charge in [-0.3, -0.25) is 0 Å². The number of aryl methyl sites for hydroxylation is 1. The molecule has 0 saturated heterocycles. The lowest BCUT2D eigenvalue weighted by Gasteiger charge is -2.20. The zero-order chi connectivity index (χ0) is 20.8. The molecular formula is C20H18FN7O2. The lowest BCUT2D eigenvalue weighted by atomic mass is 10.0. The molecule has 1 aliphatic heterocycles. The summed E-state index contributed by atoms with van der Waals surface area (Å²) in [5.41, 5.74) is 9.65. The number of rotatable bonds is 1. The van der Waals surface area contributed by atoms with E-state index in [2.05, 4.69) is 25.7 Å². The molecule has 30 heavy (non-hydrogen) atoms. The van der Waals surface area contributed by atoms with E-state index in [0.717, 1.165) is 16.8 Å². The molecule has 0 amide bonds. The lowest BCUT2D eigenvalue weighted by molar-refractivity contribution is 0.227. The van der Waals surface area contributed by atoms with Gasteiger partial charge in [0.15, 0.2) is 23.2 Å². The van der Waals surface area contributed by atoms with Crippen LogP contribution in [0.4, 0.5) is 10.2 Å². The Labute approximate surface area is 170 Å². The molecule has 5 rings (SSSR count). The highest BCUT2D eigenvalue weighted by Crippen LogP contribution is 2.37. The van der Waals surface area contributed by atoms with Crippen molar-refractivity contribution in [3.8, 4) is 28.3 Å². The second kappa shape index (κ2) is 6.90. The molecule has 0 fully saturated rings. The van der Waals surface area contributed by atoms with Crippen molar-refractivity contribution in [1.29, 1.82) is 0 Å². The molecule has 0 saturated carbocycles. The zero-order valence-electron chi connectivity index (χ0n) is 16.3. The van der Waals surface area contributed by atoms with E-state index in [1.165, 1.54) is 12.1 Å². The molecule has 1 atom stereocenters. The number of hydrogen-bond donors (Lipinski definition) is 1. The second-order valence-electron chi connectivity index (χ2n) is 7.04. The van der Waals surface area contributed by atoms with Crippen LogP contribution in [0.25, 0.3) is 22.5 Å². The first kappa shape index (κ1) is 18.2. The molecular weight excluding hydrogens is 389 g/mol. The fourth-order valence-electron chi connectivity index (χ4n) is 3.69. The van der Waals surface area contributed by atoms with Crippen LogP contribution in [0.1, 0.15) is 37.0 Å². The van der Waals surface area contributed by atoms with Gasteiger partial charge >= 0.3 is 0 Å². The van der Waals surface area contributed by atoms with Gasteiger partial charge in [0.1, 0.15) is 18.5 Å². The Kier molecular flexibility index (Phi) is 4.19. The summed E-state index contributed by atoms with van der Waals surface area (Å²) < 4.78 is 27.4. The van der Waals surface area contributed by atoms with Crippen molar-refractivity contribution >= 4 is 5.82 Å². The molecule has 3 aromatic heterocycles. The quantitative estimate of drug-likeness (QED) is 0.511. The van der Waals surface area contributed by atoms with Crippen LogP contribution in [0.3, 0.4) is 0 Å². The molecule has 9 nitrogen and oxygen atoms in total. The number of nitrogens with zero attached hydrogens (tertiary/aromatic N) is 6. The highest BCUT2D eigenvalue weighted by Gasteiger charge is 2.25. The number of nitrogen functional groups attached to an aromatic ring is 1. The summed E-state index contributed by atoms with van der Waals surface area (Å²) in [5, 5.41) is 16.3. The average molecular weight is 407 g/mol. The normalized spacial score (nSPS) is 15.2. The van der Waals surface area contributed by atoms with Crippen molar-refractivity contribution in [2.75, 3.05) is 5.73 Å². The van der Waals surface area contributed by atoms with E-state index in [4.69, 9.17) is 15.0 Å². The predicted octanol–water partition coefficient (Wildman–Crippen LogP) is 3.18. The summed E-state index contributed by atoms with van der Waals surface area (Å²) in [7, 11) is 0. The van der Waals surface area contributed by atoms with Gasteiger partial charge in [-0.2, -0.15) is 0 Å². The Morgan fingerprint density at radius 3 is 3.00 bits per heavy atom. The fourth-order valence-corrected chi connectivity index (χ4v) is 3.69. The van der Waals surface area contributed by atoms with E-state index in [1.807, 2.05) is 13.8 Å². The number of hydrogen-bond acceptors (Lipinski definition) is 8. The van der Waals surface area contributed by atoms with Gasteiger partial charge in [-0.1, -0.05) is 12.1 Å². The number of ether oxygens (including phenoxy) is 1. The van der Waals surface area contributed by atoms with Crippen LogP contribution in [0, 0.1) is 5.82 Å². The molecule has 0 aliphatic carbocycles. The highest BCUT2D eigenvalue weighted by molar-refractivity contribution is 5.71. The maximum Gasteiger partial charge on any atom is 0.182 e. The highest BCUT2D eigenvalue weighted by atomic mass is 19.1. The van der Waals surface area contributed by atoms with Gasteiger partial charge in [-0.25, -0.2) is 14.1 Å². The summed E-state index contributed by atoms with van der Waals surface area (Å²) in [6.07, 6.45) is 1.79. The molecule has 0 radical (unpaired) electrons. The Morgan fingerprint density at radius 1 is 1.30 bits per heavy atom. The average Bonchev–Trinajstić information content (AvgIpc) is 3.36. The third kappa shape index (κ3) is 2.88. The number of tetrazole rings is 1. The Bertz CT molecular complexity index is 1250. The minimum atomic E-state index is -0.535. The van der Waals surface area contributed by atoms with E-state index in [1.54, 1.807) is 23.0 Å². The number of halogens is 1. The van der Waals surface area contributed by atoms with Crippen molar-refractivity contribution < 1.29 is 13.7 Å². The molecule has 0 spiro atoms. The van der Waals surface area contributed by atoms with E-state index in [-0.39, 0.29) is 18.2 Å². The minimum Gasteiger partial charge on any atom is -0.482 e. The standard InChI is InChI=1S/C20H18FN7O2/c1-3-15-18-11-6-16(19(22)23-8-11)29-10(2)14-7-12(21)4-5-13(14)20-24-26-27-28(20)9-17(18)30-25-15/h4-8,10H,3,9H2,1-2H3,(H2,22,23)/t10-/m1/s1. The molecule has 1 aliphatic rings. The number of aromatic nitrogens is 6. The van der Waals surface area contributed by atoms with E-state index < -0.39 is 6.10 Å². The topological polar surface area (TPSA) is 118 Å². The third-order valence-corrected chi connectivity index (χ3v) is 5.16. The van der Waals surface area contributed by atoms with Gasteiger partial charge < -0.3 is 15.0 Å². The molecule has 4 aromatic rings. The van der Waals surface area contributed by atoms with Gasteiger partial charge in [-0.05, 0) is 48.0 Å². The number of anilines is 1. The number of pyridine rings is 1. The molecule has 0 unspecified atom stereocenters. The first-order chi connectivity index (χ1) is 14.5. The predicted molar refractivity (Wildman–Crippen MR) is 105 cm³/mol. The van der Waals surface area contributed by atoms with Crippen molar-refractivity contribution in [2.24, 2.45) is 0 Å². The summed E-state index contributed by atoms with van der Waals surface area (Å²) in [6.45, 7) is 4.05. The second-order valence-corrected chi connectivity index (χ2v) is 7.04. The van der Waals surface area contributed by atoms with Crippen LogP contribution >= 0.6 is 0 Å². The van der Waals surface area contributed by atoms with Crippen LogP contribution in [-0.2, 0) is 13.0 Å². The van der Waals surface area contributed by atoms with Crippen LogP contribution < -0.4 is 10.5 Å². The summed E-state index contributed by atoms with van der Waals surface area (Å²) in [5.74, 6) is 1.29. The largest absolute Gasteiger partial charge is 0.482 e. The minimum absolute atomic E-state index is 0.237. The monoisotopic (exact) mass is 407 g/mol. The fraction of sp³-hybridized carbons (Fsp3) is 0.250. The van der Waals surface area contributed by atoms with E-state index in [9.17, 15) is 4.39 Å². The van der Waals surface area contributed by atoms with E-state index in [0.29, 0.717) is 34.9 Å². The van der Waals surface area contributed by atoms with Crippen molar-refractivity contribution in [3.05, 3.63) is 53.3 Å².